The van der Waals surface area contributed by atoms with Crippen LogP contribution < -0.4 is 0 Å². The van der Waals surface area contributed by atoms with Gasteiger partial charge in [0.1, 0.15) is 0 Å². The molecule has 2 rings (SSSR count). The molecule has 1 saturated heterocycles. The highest BCUT2D eigenvalue weighted by atomic mass is 79.9. The van der Waals surface area contributed by atoms with E-state index in [0.29, 0.717) is 17.0 Å². The predicted octanol–water partition coefficient (Wildman–Crippen LogP) is 4.02. The molecule has 0 amide bonds. The minimum absolute atomic E-state index is 0.132. The van der Waals surface area contributed by atoms with Crippen LogP contribution in [0.1, 0.15) is 30.1 Å². The third kappa shape index (κ3) is 3.56. The maximum absolute atomic E-state index is 12.1. The minimum Gasteiger partial charge on any atom is -0.303 e. The average Bonchev–Trinajstić information content (AvgIpc) is 2.72. The number of hydrogen-bond acceptors (Lipinski definition) is 2. The molecule has 4 heteroatoms. The van der Waals surface area contributed by atoms with Crippen LogP contribution in [-0.2, 0) is 0 Å². The lowest BCUT2D eigenvalue weighted by Gasteiger charge is -2.14. The summed E-state index contributed by atoms with van der Waals surface area (Å²) < 4.78 is 0.900. The monoisotopic (exact) mass is 329 g/mol. The summed E-state index contributed by atoms with van der Waals surface area (Å²) in [4.78, 5) is 14.4. The molecule has 1 unspecified atom stereocenters. The number of carbonyl (C=O) groups excluding carboxylic acids is 1. The largest absolute Gasteiger partial charge is 0.303 e. The van der Waals surface area contributed by atoms with Crippen LogP contribution in [0.25, 0.3) is 0 Å². The molecular weight excluding hydrogens is 314 g/mol. The standard InChI is InChI=1S/C14H17BrClNO/c1-10-4-6-17(9-10)7-5-14(18)12-3-2-11(15)8-13(12)16/h2-3,8,10H,4-7,9H2,1H3. The second-order valence-electron chi connectivity index (χ2n) is 4.99. The quantitative estimate of drug-likeness (QED) is 0.777. The molecule has 98 valence electrons. The van der Waals surface area contributed by atoms with Gasteiger partial charge in [0.2, 0.25) is 0 Å². The Bertz CT molecular complexity index is 449. The van der Waals surface area contributed by atoms with Crippen molar-refractivity contribution in [1.29, 1.82) is 0 Å². The van der Waals surface area contributed by atoms with Gasteiger partial charge in [0.15, 0.2) is 5.78 Å². The second kappa shape index (κ2) is 6.18. The Hall–Kier alpha value is -0.380. The summed E-state index contributed by atoms with van der Waals surface area (Å²) in [5, 5.41) is 0.532. The number of Topliss-reactive ketones (excluding diaryl/α,β-unsaturated/α-hetero) is 1. The maximum atomic E-state index is 12.1. The maximum Gasteiger partial charge on any atom is 0.165 e. The molecule has 1 atom stereocenters. The van der Waals surface area contributed by atoms with Crippen molar-refractivity contribution in [3.05, 3.63) is 33.3 Å². The number of nitrogens with zero attached hydrogens (tertiary/aromatic N) is 1. The molecule has 0 aromatic heterocycles. The first-order valence-corrected chi connectivity index (χ1v) is 7.44. The van der Waals surface area contributed by atoms with Crippen LogP contribution in [-0.4, -0.2) is 30.3 Å². The molecule has 2 nitrogen and oxygen atoms in total. The lowest BCUT2D eigenvalue weighted by Crippen LogP contribution is -2.23. The van der Waals surface area contributed by atoms with Gasteiger partial charge in [0, 0.05) is 29.5 Å². The highest BCUT2D eigenvalue weighted by molar-refractivity contribution is 9.10. The number of ketones is 1. The van der Waals surface area contributed by atoms with Crippen LogP contribution in [0.3, 0.4) is 0 Å². The molecule has 18 heavy (non-hydrogen) atoms. The fourth-order valence-electron chi connectivity index (χ4n) is 2.34. The second-order valence-corrected chi connectivity index (χ2v) is 6.31. The van der Waals surface area contributed by atoms with Crippen LogP contribution in [0.4, 0.5) is 0 Å². The fraction of sp³-hybridized carbons (Fsp3) is 0.500. The number of carbonyl (C=O) groups is 1. The highest BCUT2D eigenvalue weighted by Gasteiger charge is 2.19. The summed E-state index contributed by atoms with van der Waals surface area (Å²) in [6, 6.07) is 5.42. The van der Waals surface area contributed by atoms with Gasteiger partial charge in [0.25, 0.3) is 0 Å². The van der Waals surface area contributed by atoms with Crippen molar-refractivity contribution in [2.45, 2.75) is 19.8 Å². The van der Waals surface area contributed by atoms with E-state index >= 15 is 0 Å². The van der Waals surface area contributed by atoms with Gasteiger partial charge in [-0.15, -0.1) is 0 Å². The number of benzene rings is 1. The number of likely N-dealkylation sites (tertiary alicyclic amines) is 1. The Morgan fingerprint density at radius 1 is 1.56 bits per heavy atom. The Kier molecular flexibility index (Phi) is 4.82. The van der Waals surface area contributed by atoms with E-state index in [1.54, 1.807) is 12.1 Å². The molecule has 1 fully saturated rings. The molecule has 1 aromatic carbocycles. The van der Waals surface area contributed by atoms with Crippen molar-refractivity contribution >= 4 is 33.3 Å². The molecule has 1 aromatic rings. The normalized spacial score (nSPS) is 20.3. The van der Waals surface area contributed by atoms with Crippen molar-refractivity contribution in [2.24, 2.45) is 5.92 Å². The summed E-state index contributed by atoms with van der Waals surface area (Å²) in [6.07, 6.45) is 1.79. The molecule has 0 aliphatic carbocycles. The van der Waals surface area contributed by atoms with Crippen LogP contribution >= 0.6 is 27.5 Å². The number of hydrogen-bond donors (Lipinski definition) is 0. The first-order chi connectivity index (χ1) is 8.56. The van der Waals surface area contributed by atoms with E-state index in [-0.39, 0.29) is 5.78 Å². The molecule has 0 saturated carbocycles. The molecule has 1 aliphatic heterocycles. The van der Waals surface area contributed by atoms with Crippen molar-refractivity contribution in [3.8, 4) is 0 Å². The summed E-state index contributed by atoms with van der Waals surface area (Å²) in [6.45, 7) is 5.33. The van der Waals surface area contributed by atoms with Gasteiger partial charge in [-0.1, -0.05) is 34.5 Å². The highest BCUT2D eigenvalue weighted by Crippen LogP contribution is 2.23. The Balaban J connectivity index is 1.91. The topological polar surface area (TPSA) is 20.3 Å². The van der Waals surface area contributed by atoms with Crippen molar-refractivity contribution in [3.63, 3.8) is 0 Å². The van der Waals surface area contributed by atoms with Crippen LogP contribution in [0.15, 0.2) is 22.7 Å². The molecule has 0 bridgehead atoms. The average molecular weight is 331 g/mol. The fourth-order valence-corrected chi connectivity index (χ4v) is 3.12. The minimum atomic E-state index is 0.132. The van der Waals surface area contributed by atoms with Gasteiger partial charge in [-0.3, -0.25) is 4.79 Å². The van der Waals surface area contributed by atoms with Gasteiger partial charge in [0.05, 0.1) is 5.02 Å². The SMILES string of the molecule is CC1CCN(CCC(=O)c2ccc(Br)cc2Cl)C1. The van der Waals surface area contributed by atoms with E-state index in [1.807, 2.05) is 6.07 Å². The van der Waals surface area contributed by atoms with Crippen molar-refractivity contribution in [1.82, 2.24) is 4.90 Å². The van der Waals surface area contributed by atoms with Crippen LogP contribution in [0, 0.1) is 5.92 Å². The zero-order chi connectivity index (χ0) is 13.1. The Labute approximate surface area is 121 Å². The summed E-state index contributed by atoms with van der Waals surface area (Å²) in [5.41, 5.74) is 0.632. The zero-order valence-electron chi connectivity index (χ0n) is 10.5. The van der Waals surface area contributed by atoms with Gasteiger partial charge in [-0.25, -0.2) is 0 Å². The summed E-state index contributed by atoms with van der Waals surface area (Å²) in [5.74, 6) is 0.892. The van der Waals surface area contributed by atoms with Gasteiger partial charge in [-0.2, -0.15) is 0 Å². The molecule has 0 N–H and O–H groups in total. The van der Waals surface area contributed by atoms with E-state index in [4.69, 9.17) is 11.6 Å². The first kappa shape index (κ1) is 14.0. The van der Waals surface area contributed by atoms with Crippen molar-refractivity contribution in [2.75, 3.05) is 19.6 Å². The Morgan fingerprint density at radius 3 is 2.94 bits per heavy atom. The number of rotatable bonds is 4. The molecule has 0 spiro atoms. The van der Waals surface area contributed by atoms with Gasteiger partial charge >= 0.3 is 0 Å². The van der Waals surface area contributed by atoms with Crippen LogP contribution in [0.2, 0.25) is 5.02 Å². The number of halogens is 2. The lowest BCUT2D eigenvalue weighted by molar-refractivity contribution is 0.0968. The zero-order valence-corrected chi connectivity index (χ0v) is 12.8. The molecular formula is C14H17BrClNO. The van der Waals surface area contributed by atoms with E-state index in [9.17, 15) is 4.79 Å². The summed E-state index contributed by atoms with van der Waals surface area (Å²) in [7, 11) is 0. The molecule has 1 aliphatic rings. The molecule has 0 radical (unpaired) electrons. The lowest BCUT2D eigenvalue weighted by atomic mass is 10.1. The van der Waals surface area contributed by atoms with Gasteiger partial charge < -0.3 is 4.90 Å². The van der Waals surface area contributed by atoms with E-state index < -0.39 is 0 Å². The summed E-state index contributed by atoms with van der Waals surface area (Å²) >= 11 is 9.42. The van der Waals surface area contributed by atoms with Gasteiger partial charge in [-0.05, 0) is 37.1 Å². The smallest absolute Gasteiger partial charge is 0.165 e. The predicted molar refractivity (Wildman–Crippen MR) is 78.3 cm³/mol. The van der Waals surface area contributed by atoms with E-state index in [2.05, 4.69) is 27.8 Å². The van der Waals surface area contributed by atoms with Crippen LogP contribution in [0.5, 0.6) is 0 Å². The third-order valence-electron chi connectivity index (χ3n) is 3.39. The Morgan fingerprint density at radius 2 is 2.33 bits per heavy atom. The van der Waals surface area contributed by atoms with E-state index in [0.717, 1.165) is 30.0 Å². The van der Waals surface area contributed by atoms with E-state index in [1.165, 1.54) is 6.42 Å². The van der Waals surface area contributed by atoms with Crippen molar-refractivity contribution < 1.29 is 4.79 Å². The molecule has 1 heterocycles. The first-order valence-electron chi connectivity index (χ1n) is 6.27. The third-order valence-corrected chi connectivity index (χ3v) is 4.20.